The van der Waals surface area contributed by atoms with E-state index in [2.05, 4.69) is 28.1 Å². The van der Waals surface area contributed by atoms with Gasteiger partial charge in [-0.2, -0.15) is 0 Å². The van der Waals surface area contributed by atoms with E-state index in [0.29, 0.717) is 11.3 Å². The van der Waals surface area contributed by atoms with E-state index in [1.807, 2.05) is 26.1 Å². The molecule has 1 aromatic heterocycles. The number of aryl methyl sites for hydroxylation is 1. The number of benzene rings is 1. The van der Waals surface area contributed by atoms with Gasteiger partial charge in [0.1, 0.15) is 5.82 Å². The van der Waals surface area contributed by atoms with Gasteiger partial charge >= 0.3 is 0 Å². The SMILES string of the molecule is Cc1cc(Br)c2nc(C3CC4=C(CCC=C4)C3)n(C)c(=O)c2c1. The molecule has 1 unspecified atom stereocenters. The molecule has 0 fully saturated rings. The summed E-state index contributed by atoms with van der Waals surface area (Å²) in [6.07, 6.45) is 8.86. The van der Waals surface area contributed by atoms with Gasteiger partial charge < -0.3 is 0 Å². The molecule has 3 nitrogen and oxygen atoms in total. The van der Waals surface area contributed by atoms with Gasteiger partial charge in [-0.1, -0.05) is 17.7 Å². The monoisotopic (exact) mass is 370 g/mol. The molecule has 4 rings (SSSR count). The fourth-order valence-electron chi connectivity index (χ4n) is 3.88. The van der Waals surface area contributed by atoms with Crippen LogP contribution in [-0.4, -0.2) is 9.55 Å². The molecule has 1 aromatic carbocycles. The third-order valence-electron chi connectivity index (χ3n) is 5.02. The molecule has 0 bridgehead atoms. The van der Waals surface area contributed by atoms with Crippen molar-refractivity contribution in [1.82, 2.24) is 9.55 Å². The summed E-state index contributed by atoms with van der Waals surface area (Å²) in [4.78, 5) is 17.7. The van der Waals surface area contributed by atoms with E-state index in [4.69, 9.17) is 4.98 Å². The largest absolute Gasteiger partial charge is 0.299 e. The molecule has 0 saturated heterocycles. The average Bonchev–Trinajstić information content (AvgIpc) is 2.95. The molecule has 0 spiro atoms. The molecule has 4 heteroatoms. The summed E-state index contributed by atoms with van der Waals surface area (Å²) in [5, 5.41) is 0.693. The van der Waals surface area contributed by atoms with E-state index >= 15 is 0 Å². The maximum Gasteiger partial charge on any atom is 0.261 e. The summed E-state index contributed by atoms with van der Waals surface area (Å²) in [5.74, 6) is 1.23. The first-order chi connectivity index (χ1) is 11.0. The molecule has 2 aliphatic rings. The van der Waals surface area contributed by atoms with Gasteiger partial charge in [0, 0.05) is 17.4 Å². The lowest BCUT2D eigenvalue weighted by Crippen LogP contribution is -2.24. The average molecular weight is 371 g/mol. The Morgan fingerprint density at radius 1 is 1.30 bits per heavy atom. The van der Waals surface area contributed by atoms with Gasteiger partial charge in [-0.25, -0.2) is 4.98 Å². The molecule has 0 aliphatic heterocycles. The van der Waals surface area contributed by atoms with Gasteiger partial charge in [0.25, 0.3) is 5.56 Å². The molecule has 23 heavy (non-hydrogen) atoms. The topological polar surface area (TPSA) is 34.9 Å². The minimum Gasteiger partial charge on any atom is -0.299 e. The highest BCUT2D eigenvalue weighted by Gasteiger charge is 2.28. The van der Waals surface area contributed by atoms with E-state index in [-0.39, 0.29) is 5.56 Å². The van der Waals surface area contributed by atoms with Crippen LogP contribution in [0.25, 0.3) is 10.9 Å². The van der Waals surface area contributed by atoms with Crippen LogP contribution in [0.3, 0.4) is 0 Å². The Labute approximate surface area is 143 Å². The van der Waals surface area contributed by atoms with Crippen molar-refractivity contribution in [2.24, 2.45) is 7.05 Å². The molecule has 118 valence electrons. The van der Waals surface area contributed by atoms with E-state index in [9.17, 15) is 4.79 Å². The Balaban J connectivity index is 1.84. The normalized spacial score (nSPS) is 20.4. The van der Waals surface area contributed by atoms with Gasteiger partial charge in [-0.05, 0) is 71.8 Å². The van der Waals surface area contributed by atoms with Gasteiger partial charge in [0.05, 0.1) is 10.9 Å². The van der Waals surface area contributed by atoms with Crippen molar-refractivity contribution in [2.75, 3.05) is 0 Å². The van der Waals surface area contributed by atoms with E-state index in [0.717, 1.165) is 47.1 Å². The predicted octanol–water partition coefficient (Wildman–Crippen LogP) is 4.53. The molecule has 0 N–H and O–H groups in total. The number of hydrogen-bond donors (Lipinski definition) is 0. The second-order valence-corrected chi connectivity index (χ2v) is 7.51. The highest BCUT2D eigenvalue weighted by atomic mass is 79.9. The molecule has 1 atom stereocenters. The molecule has 0 amide bonds. The maximum atomic E-state index is 12.8. The van der Waals surface area contributed by atoms with Crippen molar-refractivity contribution in [3.05, 3.63) is 61.6 Å². The zero-order valence-electron chi connectivity index (χ0n) is 13.4. The van der Waals surface area contributed by atoms with Crippen LogP contribution in [0.15, 0.2) is 44.7 Å². The first-order valence-corrected chi connectivity index (χ1v) is 8.88. The van der Waals surface area contributed by atoms with Crippen molar-refractivity contribution in [2.45, 2.75) is 38.5 Å². The highest BCUT2D eigenvalue weighted by Crippen LogP contribution is 2.42. The van der Waals surface area contributed by atoms with Crippen LogP contribution in [0.1, 0.15) is 43.0 Å². The quantitative estimate of drug-likeness (QED) is 0.738. The van der Waals surface area contributed by atoms with Crippen LogP contribution in [0.2, 0.25) is 0 Å². The van der Waals surface area contributed by atoms with Gasteiger partial charge in [0.15, 0.2) is 0 Å². The second-order valence-electron chi connectivity index (χ2n) is 6.65. The fourth-order valence-corrected chi connectivity index (χ4v) is 4.54. The Hall–Kier alpha value is -1.68. The van der Waals surface area contributed by atoms with Crippen LogP contribution >= 0.6 is 15.9 Å². The Morgan fingerprint density at radius 2 is 2.13 bits per heavy atom. The number of allylic oxidation sites excluding steroid dienone is 4. The summed E-state index contributed by atoms with van der Waals surface area (Å²) in [6.45, 7) is 2.00. The number of rotatable bonds is 1. The number of halogens is 1. The lowest BCUT2D eigenvalue weighted by atomic mass is 10.0. The smallest absolute Gasteiger partial charge is 0.261 e. The standard InChI is InChI=1S/C19H19BrN2O/c1-11-7-15-17(16(20)8-11)21-18(22(2)19(15)23)14-9-12-5-3-4-6-13(12)10-14/h3,5,7-8,14H,4,6,9-10H2,1-2H3. The van der Waals surface area contributed by atoms with Crippen LogP contribution in [-0.2, 0) is 7.05 Å². The highest BCUT2D eigenvalue weighted by molar-refractivity contribution is 9.10. The Morgan fingerprint density at radius 3 is 2.91 bits per heavy atom. The molecule has 0 saturated carbocycles. The summed E-state index contributed by atoms with van der Waals surface area (Å²) < 4.78 is 2.66. The lowest BCUT2D eigenvalue weighted by Gasteiger charge is -2.16. The van der Waals surface area contributed by atoms with Crippen molar-refractivity contribution >= 4 is 26.8 Å². The van der Waals surface area contributed by atoms with Gasteiger partial charge in [-0.15, -0.1) is 0 Å². The minimum absolute atomic E-state index is 0.0508. The molecule has 0 radical (unpaired) electrons. The fraction of sp³-hybridized carbons (Fsp3) is 0.368. The first-order valence-electron chi connectivity index (χ1n) is 8.09. The number of nitrogens with zero attached hydrogens (tertiary/aromatic N) is 2. The second kappa shape index (κ2) is 5.45. The third-order valence-corrected chi connectivity index (χ3v) is 5.63. The summed E-state index contributed by atoms with van der Waals surface area (Å²) in [6, 6.07) is 3.96. The minimum atomic E-state index is 0.0508. The summed E-state index contributed by atoms with van der Waals surface area (Å²) in [5.41, 5.74) is 4.91. The zero-order valence-corrected chi connectivity index (χ0v) is 15.0. The maximum absolute atomic E-state index is 12.8. The van der Waals surface area contributed by atoms with Crippen LogP contribution in [0, 0.1) is 6.92 Å². The zero-order chi connectivity index (χ0) is 16.1. The van der Waals surface area contributed by atoms with E-state index < -0.39 is 0 Å². The number of hydrogen-bond acceptors (Lipinski definition) is 2. The number of aromatic nitrogens is 2. The van der Waals surface area contributed by atoms with E-state index in [1.54, 1.807) is 10.1 Å². The van der Waals surface area contributed by atoms with Crippen LogP contribution in [0.4, 0.5) is 0 Å². The molecule has 1 heterocycles. The van der Waals surface area contributed by atoms with Crippen molar-refractivity contribution < 1.29 is 0 Å². The Kier molecular flexibility index (Phi) is 3.52. The van der Waals surface area contributed by atoms with E-state index in [1.165, 1.54) is 5.57 Å². The lowest BCUT2D eigenvalue weighted by molar-refractivity contribution is 0.614. The number of fused-ring (bicyclic) bond motifs is 1. The van der Waals surface area contributed by atoms with Crippen molar-refractivity contribution in [1.29, 1.82) is 0 Å². The third kappa shape index (κ3) is 2.40. The summed E-state index contributed by atoms with van der Waals surface area (Å²) in [7, 11) is 1.85. The van der Waals surface area contributed by atoms with Crippen molar-refractivity contribution in [3.63, 3.8) is 0 Å². The molecule has 2 aliphatic carbocycles. The first kappa shape index (κ1) is 14.9. The summed E-state index contributed by atoms with van der Waals surface area (Å²) >= 11 is 3.58. The van der Waals surface area contributed by atoms with Crippen LogP contribution in [0.5, 0.6) is 0 Å². The van der Waals surface area contributed by atoms with Gasteiger partial charge in [-0.3, -0.25) is 9.36 Å². The predicted molar refractivity (Wildman–Crippen MR) is 96.8 cm³/mol. The van der Waals surface area contributed by atoms with Gasteiger partial charge in [0.2, 0.25) is 0 Å². The molecular formula is C19H19BrN2O. The van der Waals surface area contributed by atoms with Crippen molar-refractivity contribution in [3.8, 4) is 0 Å². The Bertz CT molecular complexity index is 937. The van der Waals surface area contributed by atoms with Crippen LogP contribution < -0.4 is 5.56 Å². The molecule has 2 aromatic rings. The molecular weight excluding hydrogens is 352 g/mol.